The zero-order valence-electron chi connectivity index (χ0n) is 10.2. The van der Waals surface area contributed by atoms with Crippen molar-refractivity contribution in [2.45, 2.75) is 26.8 Å². The maximum absolute atomic E-state index is 4.66. The molecule has 1 N–H and O–H groups in total. The van der Waals surface area contributed by atoms with Crippen molar-refractivity contribution >= 4 is 27.8 Å². The second-order valence-corrected chi connectivity index (χ2v) is 5.05. The summed E-state index contributed by atoms with van der Waals surface area (Å²) in [4.78, 5) is 12.1. The average molecular weight is 247 g/mol. The SMILES string of the molecule is CCSC(CC)=NCc1c[nH]c2ncccc12. The van der Waals surface area contributed by atoms with Crippen LogP contribution in [-0.2, 0) is 6.54 Å². The third-order valence-corrected chi connectivity index (χ3v) is 3.62. The molecule has 0 radical (unpaired) electrons. The number of aromatic amines is 1. The highest BCUT2D eigenvalue weighted by Gasteiger charge is 2.03. The van der Waals surface area contributed by atoms with E-state index in [2.05, 4.69) is 34.9 Å². The first-order valence-corrected chi connectivity index (χ1v) is 6.90. The van der Waals surface area contributed by atoms with Gasteiger partial charge in [0.2, 0.25) is 0 Å². The topological polar surface area (TPSA) is 41.0 Å². The van der Waals surface area contributed by atoms with Crippen LogP contribution in [0.2, 0.25) is 0 Å². The summed E-state index contributed by atoms with van der Waals surface area (Å²) >= 11 is 1.83. The Morgan fingerprint density at radius 1 is 1.47 bits per heavy atom. The summed E-state index contributed by atoms with van der Waals surface area (Å²) in [6.45, 7) is 5.05. The Morgan fingerprint density at radius 3 is 3.12 bits per heavy atom. The summed E-state index contributed by atoms with van der Waals surface area (Å²) in [6.07, 6.45) is 4.82. The quantitative estimate of drug-likeness (QED) is 0.662. The molecule has 0 spiro atoms. The van der Waals surface area contributed by atoms with Gasteiger partial charge >= 0.3 is 0 Å². The third-order valence-electron chi connectivity index (χ3n) is 2.58. The molecule has 0 amide bonds. The molecule has 4 heteroatoms. The average Bonchev–Trinajstić information content (AvgIpc) is 2.78. The maximum Gasteiger partial charge on any atom is 0.137 e. The summed E-state index contributed by atoms with van der Waals surface area (Å²) in [7, 11) is 0. The van der Waals surface area contributed by atoms with Crippen molar-refractivity contribution in [3.05, 3.63) is 30.1 Å². The molecule has 0 atom stereocenters. The smallest absolute Gasteiger partial charge is 0.137 e. The lowest BCUT2D eigenvalue weighted by Gasteiger charge is -2.00. The molecule has 0 aliphatic heterocycles. The fourth-order valence-corrected chi connectivity index (χ4v) is 2.44. The number of thioether (sulfide) groups is 1. The molecule has 2 aromatic heterocycles. The second kappa shape index (κ2) is 5.87. The summed E-state index contributed by atoms with van der Waals surface area (Å²) < 4.78 is 0. The molecule has 2 aromatic rings. The van der Waals surface area contributed by atoms with Crippen LogP contribution in [0.1, 0.15) is 25.8 Å². The number of pyridine rings is 1. The molecule has 90 valence electrons. The molecule has 0 saturated carbocycles. The summed E-state index contributed by atoms with van der Waals surface area (Å²) in [5.41, 5.74) is 2.16. The van der Waals surface area contributed by atoms with Gasteiger partial charge in [-0.2, -0.15) is 0 Å². The monoisotopic (exact) mass is 247 g/mol. The van der Waals surface area contributed by atoms with E-state index in [9.17, 15) is 0 Å². The lowest BCUT2D eigenvalue weighted by molar-refractivity contribution is 1.07. The lowest BCUT2D eigenvalue weighted by Crippen LogP contribution is -1.92. The van der Waals surface area contributed by atoms with E-state index in [0.29, 0.717) is 0 Å². The van der Waals surface area contributed by atoms with Crippen LogP contribution in [0, 0.1) is 0 Å². The zero-order valence-corrected chi connectivity index (χ0v) is 11.0. The van der Waals surface area contributed by atoms with Crippen molar-refractivity contribution in [3.8, 4) is 0 Å². The number of H-pyrrole nitrogens is 1. The van der Waals surface area contributed by atoms with Gasteiger partial charge in [-0.15, -0.1) is 11.8 Å². The Kier molecular flexibility index (Phi) is 4.20. The number of hydrogen-bond donors (Lipinski definition) is 1. The molecule has 0 unspecified atom stereocenters. The highest BCUT2D eigenvalue weighted by molar-refractivity contribution is 8.13. The summed E-state index contributed by atoms with van der Waals surface area (Å²) in [5, 5.41) is 2.40. The van der Waals surface area contributed by atoms with Crippen molar-refractivity contribution in [1.82, 2.24) is 9.97 Å². The fraction of sp³-hybridized carbons (Fsp3) is 0.385. The molecule has 2 heterocycles. The molecule has 3 nitrogen and oxygen atoms in total. The Labute approximate surface area is 106 Å². The Morgan fingerprint density at radius 2 is 2.35 bits per heavy atom. The molecule has 0 fully saturated rings. The van der Waals surface area contributed by atoms with Gasteiger partial charge < -0.3 is 4.98 Å². The summed E-state index contributed by atoms with van der Waals surface area (Å²) in [5.74, 6) is 1.09. The van der Waals surface area contributed by atoms with Gasteiger partial charge in [0, 0.05) is 23.3 Å². The lowest BCUT2D eigenvalue weighted by atomic mass is 10.2. The van der Waals surface area contributed by atoms with Crippen LogP contribution in [0.25, 0.3) is 11.0 Å². The fourth-order valence-electron chi connectivity index (χ4n) is 1.74. The van der Waals surface area contributed by atoms with Gasteiger partial charge in [-0.3, -0.25) is 4.99 Å². The number of nitrogens with zero attached hydrogens (tertiary/aromatic N) is 2. The maximum atomic E-state index is 4.66. The van der Waals surface area contributed by atoms with E-state index in [1.165, 1.54) is 16.0 Å². The van der Waals surface area contributed by atoms with E-state index < -0.39 is 0 Å². The highest BCUT2D eigenvalue weighted by atomic mass is 32.2. The van der Waals surface area contributed by atoms with Crippen molar-refractivity contribution in [1.29, 1.82) is 0 Å². The molecule has 0 aliphatic rings. The van der Waals surface area contributed by atoms with Crippen LogP contribution in [0.5, 0.6) is 0 Å². The van der Waals surface area contributed by atoms with Gasteiger partial charge in [0.05, 0.1) is 11.6 Å². The van der Waals surface area contributed by atoms with Gasteiger partial charge in [-0.25, -0.2) is 4.98 Å². The standard InChI is InChI=1S/C13H17N3S/c1-3-12(17-4-2)15-8-10-9-16-13-11(10)6-5-7-14-13/h5-7,9H,3-4,8H2,1-2H3,(H,14,16). The van der Waals surface area contributed by atoms with Gasteiger partial charge in [0.25, 0.3) is 0 Å². The number of nitrogens with one attached hydrogen (secondary N) is 1. The normalized spacial score (nSPS) is 12.2. The Balaban J connectivity index is 2.18. The molecule has 0 aliphatic carbocycles. The number of fused-ring (bicyclic) bond motifs is 1. The minimum Gasteiger partial charge on any atom is -0.346 e. The molecule has 0 bridgehead atoms. The van der Waals surface area contributed by atoms with Crippen LogP contribution in [-0.4, -0.2) is 20.8 Å². The highest BCUT2D eigenvalue weighted by Crippen LogP contribution is 2.17. The van der Waals surface area contributed by atoms with Crippen molar-refractivity contribution < 1.29 is 0 Å². The molecule has 0 saturated heterocycles. The number of aliphatic imine (C=N–C) groups is 1. The predicted molar refractivity (Wildman–Crippen MR) is 75.7 cm³/mol. The first-order chi connectivity index (χ1) is 8.35. The third kappa shape index (κ3) is 2.88. The minimum absolute atomic E-state index is 0.738. The number of hydrogen-bond acceptors (Lipinski definition) is 3. The van der Waals surface area contributed by atoms with Crippen molar-refractivity contribution in [2.75, 3.05) is 5.75 Å². The molecule has 17 heavy (non-hydrogen) atoms. The van der Waals surface area contributed by atoms with Crippen LogP contribution >= 0.6 is 11.8 Å². The van der Waals surface area contributed by atoms with Crippen LogP contribution in [0.15, 0.2) is 29.5 Å². The van der Waals surface area contributed by atoms with Gasteiger partial charge in [0.1, 0.15) is 5.65 Å². The second-order valence-electron chi connectivity index (χ2n) is 3.71. The molecular weight excluding hydrogens is 230 g/mol. The van der Waals surface area contributed by atoms with E-state index >= 15 is 0 Å². The van der Waals surface area contributed by atoms with E-state index in [1.807, 2.05) is 24.0 Å². The molecule has 2 rings (SSSR count). The van der Waals surface area contributed by atoms with E-state index in [1.54, 1.807) is 6.20 Å². The number of rotatable bonds is 4. The van der Waals surface area contributed by atoms with Crippen molar-refractivity contribution in [2.24, 2.45) is 4.99 Å². The van der Waals surface area contributed by atoms with Gasteiger partial charge in [-0.1, -0.05) is 13.8 Å². The van der Waals surface area contributed by atoms with E-state index in [0.717, 1.165) is 24.4 Å². The molecular formula is C13H17N3S. The Bertz CT molecular complexity index is 516. The van der Waals surface area contributed by atoms with E-state index in [4.69, 9.17) is 0 Å². The zero-order chi connectivity index (χ0) is 12.1. The van der Waals surface area contributed by atoms with Crippen LogP contribution in [0.4, 0.5) is 0 Å². The number of aromatic nitrogens is 2. The Hall–Kier alpha value is -1.29. The largest absolute Gasteiger partial charge is 0.346 e. The summed E-state index contributed by atoms with van der Waals surface area (Å²) in [6, 6.07) is 4.05. The van der Waals surface area contributed by atoms with Gasteiger partial charge in [0.15, 0.2) is 0 Å². The predicted octanol–water partition coefficient (Wildman–Crippen LogP) is 3.62. The first-order valence-electron chi connectivity index (χ1n) is 5.92. The van der Waals surface area contributed by atoms with Crippen LogP contribution in [0.3, 0.4) is 0 Å². The van der Waals surface area contributed by atoms with Crippen LogP contribution < -0.4 is 0 Å². The minimum atomic E-state index is 0.738. The first kappa shape index (κ1) is 12.2. The van der Waals surface area contributed by atoms with E-state index in [-0.39, 0.29) is 0 Å². The molecule has 0 aromatic carbocycles. The van der Waals surface area contributed by atoms with Gasteiger partial charge in [-0.05, 0) is 24.3 Å². The van der Waals surface area contributed by atoms with Crippen molar-refractivity contribution in [3.63, 3.8) is 0 Å².